The Hall–Kier alpha value is -3.55. The van der Waals surface area contributed by atoms with Gasteiger partial charge >= 0.3 is 6.03 Å². The van der Waals surface area contributed by atoms with Gasteiger partial charge in [0, 0.05) is 38.5 Å². The summed E-state index contributed by atoms with van der Waals surface area (Å²) in [5.74, 6) is 0.659. The summed E-state index contributed by atoms with van der Waals surface area (Å²) in [6.45, 7) is 5.10. The van der Waals surface area contributed by atoms with E-state index in [1.807, 2.05) is 54.3 Å². The molecule has 0 bridgehead atoms. The van der Waals surface area contributed by atoms with Gasteiger partial charge < -0.3 is 25.2 Å². The van der Waals surface area contributed by atoms with E-state index < -0.39 is 12.1 Å². The second kappa shape index (κ2) is 13.1. The van der Waals surface area contributed by atoms with E-state index in [1.165, 1.54) is 6.42 Å². The van der Waals surface area contributed by atoms with E-state index in [-0.39, 0.29) is 17.7 Å². The maximum Gasteiger partial charge on any atom is 0.320 e. The molecule has 0 spiro atoms. The molecule has 2 fully saturated rings. The van der Waals surface area contributed by atoms with Gasteiger partial charge in [-0.05, 0) is 56.7 Å². The lowest BCUT2D eigenvalue weighted by Gasteiger charge is -2.37. The molecule has 8 heteroatoms. The van der Waals surface area contributed by atoms with Gasteiger partial charge in [-0.25, -0.2) is 4.79 Å². The number of nitrogens with zero attached hydrogens (tertiary/aromatic N) is 2. The minimum Gasteiger partial charge on any atom is -0.492 e. The minimum absolute atomic E-state index is 0.0268. The Morgan fingerprint density at radius 3 is 2.27 bits per heavy atom. The van der Waals surface area contributed by atoms with E-state index in [9.17, 15) is 14.4 Å². The van der Waals surface area contributed by atoms with Gasteiger partial charge in [-0.2, -0.15) is 0 Å². The third-order valence-corrected chi connectivity index (χ3v) is 7.14. The Morgan fingerprint density at radius 2 is 1.57 bits per heavy atom. The van der Waals surface area contributed by atoms with Crippen LogP contribution >= 0.6 is 0 Å². The highest BCUT2D eigenvalue weighted by atomic mass is 16.5. The van der Waals surface area contributed by atoms with Gasteiger partial charge in [0.25, 0.3) is 0 Å². The topological polar surface area (TPSA) is 91.0 Å². The smallest absolute Gasteiger partial charge is 0.320 e. The summed E-state index contributed by atoms with van der Waals surface area (Å²) in [5, 5.41) is 5.73. The second-order valence-corrected chi connectivity index (χ2v) is 9.76. The van der Waals surface area contributed by atoms with Crippen molar-refractivity contribution >= 4 is 23.5 Å². The van der Waals surface area contributed by atoms with Gasteiger partial charge in [0.15, 0.2) is 0 Å². The number of hydrogen-bond donors (Lipinski definition) is 2. The summed E-state index contributed by atoms with van der Waals surface area (Å²) in [7, 11) is 0. The van der Waals surface area contributed by atoms with Crippen molar-refractivity contribution in [3.05, 3.63) is 60.2 Å². The SMILES string of the molecule is CCOc1ccccc1NC(=O)N[C@@H](Cc1ccccc1)C(=O)N1CCC(C(=O)N2CCCCC2)CC1. The predicted molar refractivity (Wildman–Crippen MR) is 143 cm³/mol. The van der Waals surface area contributed by atoms with E-state index >= 15 is 0 Å². The number of amides is 4. The number of piperidine rings is 2. The molecule has 2 heterocycles. The molecule has 4 amide bonds. The molecular weight excluding hydrogens is 468 g/mol. The van der Waals surface area contributed by atoms with Crippen molar-refractivity contribution in [2.45, 2.75) is 51.5 Å². The lowest BCUT2D eigenvalue weighted by atomic mass is 9.93. The van der Waals surface area contributed by atoms with Gasteiger partial charge in [-0.1, -0.05) is 42.5 Å². The van der Waals surface area contributed by atoms with Crippen molar-refractivity contribution in [2.75, 3.05) is 38.1 Å². The Kier molecular flexibility index (Phi) is 9.40. The number of hydrogen-bond acceptors (Lipinski definition) is 4. The third kappa shape index (κ3) is 7.24. The monoisotopic (exact) mass is 506 g/mol. The number of nitrogens with one attached hydrogen (secondary N) is 2. The summed E-state index contributed by atoms with van der Waals surface area (Å²) in [4.78, 5) is 43.3. The van der Waals surface area contributed by atoms with E-state index in [0.717, 1.165) is 31.5 Å². The van der Waals surface area contributed by atoms with E-state index in [2.05, 4.69) is 10.6 Å². The van der Waals surface area contributed by atoms with Crippen LogP contribution in [-0.2, 0) is 16.0 Å². The summed E-state index contributed by atoms with van der Waals surface area (Å²) in [6, 6.07) is 15.7. The number of ether oxygens (including phenoxy) is 1. The highest BCUT2D eigenvalue weighted by molar-refractivity contribution is 5.95. The van der Waals surface area contributed by atoms with Crippen molar-refractivity contribution in [3.63, 3.8) is 0 Å². The first-order chi connectivity index (χ1) is 18.0. The van der Waals surface area contributed by atoms with Crippen LogP contribution in [0.1, 0.15) is 44.6 Å². The number of anilines is 1. The summed E-state index contributed by atoms with van der Waals surface area (Å²) >= 11 is 0. The molecule has 1 atom stereocenters. The molecule has 37 heavy (non-hydrogen) atoms. The van der Waals surface area contributed by atoms with E-state index in [0.29, 0.717) is 50.4 Å². The normalized spacial score (nSPS) is 17.1. The molecule has 198 valence electrons. The van der Waals surface area contributed by atoms with Gasteiger partial charge in [-0.3, -0.25) is 9.59 Å². The zero-order valence-electron chi connectivity index (χ0n) is 21.7. The zero-order valence-corrected chi connectivity index (χ0v) is 21.7. The van der Waals surface area contributed by atoms with Crippen molar-refractivity contribution in [1.29, 1.82) is 0 Å². The van der Waals surface area contributed by atoms with Crippen LogP contribution in [0.2, 0.25) is 0 Å². The quantitative estimate of drug-likeness (QED) is 0.565. The summed E-state index contributed by atoms with van der Waals surface area (Å²) < 4.78 is 5.61. The zero-order chi connectivity index (χ0) is 26.0. The molecule has 8 nitrogen and oxygen atoms in total. The van der Waals surface area contributed by atoms with Crippen molar-refractivity contribution in [1.82, 2.24) is 15.1 Å². The van der Waals surface area contributed by atoms with Crippen LogP contribution in [0.15, 0.2) is 54.6 Å². The Bertz CT molecular complexity index is 1050. The minimum atomic E-state index is -0.726. The largest absolute Gasteiger partial charge is 0.492 e. The number of urea groups is 1. The van der Waals surface area contributed by atoms with Crippen molar-refractivity contribution in [3.8, 4) is 5.75 Å². The molecule has 0 aliphatic carbocycles. The second-order valence-electron chi connectivity index (χ2n) is 9.76. The average Bonchev–Trinajstić information content (AvgIpc) is 2.94. The van der Waals surface area contributed by atoms with Crippen molar-refractivity contribution in [2.24, 2.45) is 5.92 Å². The molecule has 2 aromatic rings. The van der Waals surface area contributed by atoms with Gasteiger partial charge in [0.1, 0.15) is 11.8 Å². The third-order valence-electron chi connectivity index (χ3n) is 7.14. The number of rotatable bonds is 8. The molecule has 2 saturated heterocycles. The van der Waals surface area contributed by atoms with Crippen molar-refractivity contribution < 1.29 is 19.1 Å². The number of likely N-dealkylation sites (tertiary alicyclic amines) is 2. The number of para-hydroxylation sites is 2. The lowest BCUT2D eigenvalue weighted by Crippen LogP contribution is -2.53. The Balaban J connectivity index is 1.40. The number of carbonyl (C=O) groups is 3. The summed E-state index contributed by atoms with van der Waals surface area (Å²) in [6.07, 6.45) is 5.05. The molecule has 2 aliphatic heterocycles. The fraction of sp³-hybridized carbons (Fsp3) is 0.483. The number of carbonyl (C=O) groups excluding carboxylic acids is 3. The highest BCUT2D eigenvalue weighted by Gasteiger charge is 2.33. The molecule has 0 aromatic heterocycles. The summed E-state index contributed by atoms with van der Waals surface area (Å²) in [5.41, 5.74) is 1.51. The first kappa shape index (κ1) is 26.5. The fourth-order valence-electron chi connectivity index (χ4n) is 5.16. The highest BCUT2D eigenvalue weighted by Crippen LogP contribution is 2.25. The van der Waals surface area contributed by atoms with Crippen LogP contribution in [0.5, 0.6) is 5.75 Å². The Labute approximate surface area is 219 Å². The Morgan fingerprint density at radius 1 is 0.892 bits per heavy atom. The van der Waals surface area contributed by atoms with Crippen LogP contribution in [0.4, 0.5) is 10.5 Å². The first-order valence-electron chi connectivity index (χ1n) is 13.5. The van der Waals surface area contributed by atoms with Crippen LogP contribution in [0, 0.1) is 5.92 Å². The lowest BCUT2D eigenvalue weighted by molar-refractivity contribution is -0.142. The fourth-order valence-corrected chi connectivity index (χ4v) is 5.16. The van der Waals surface area contributed by atoms with Crippen LogP contribution in [-0.4, -0.2) is 66.5 Å². The first-order valence-corrected chi connectivity index (χ1v) is 13.5. The molecule has 4 rings (SSSR count). The van der Waals surface area contributed by atoms with E-state index in [1.54, 1.807) is 17.0 Å². The van der Waals surface area contributed by atoms with E-state index in [4.69, 9.17) is 4.74 Å². The van der Waals surface area contributed by atoms with Gasteiger partial charge in [-0.15, -0.1) is 0 Å². The van der Waals surface area contributed by atoms with Gasteiger partial charge in [0.2, 0.25) is 11.8 Å². The van der Waals surface area contributed by atoms with Crippen LogP contribution in [0.3, 0.4) is 0 Å². The maximum absolute atomic E-state index is 13.6. The average molecular weight is 507 g/mol. The van der Waals surface area contributed by atoms with Gasteiger partial charge in [0.05, 0.1) is 12.3 Å². The predicted octanol–water partition coefficient (Wildman–Crippen LogP) is 4.07. The molecule has 2 aromatic carbocycles. The van der Waals surface area contributed by atoms with Crippen LogP contribution < -0.4 is 15.4 Å². The molecule has 0 saturated carbocycles. The van der Waals surface area contributed by atoms with Crippen LogP contribution in [0.25, 0.3) is 0 Å². The molecular formula is C29H38N4O4. The molecule has 0 unspecified atom stereocenters. The number of benzene rings is 2. The molecule has 0 radical (unpaired) electrons. The standard InChI is InChI=1S/C29H38N4O4/c1-2-37-26-14-8-7-13-24(26)30-29(36)31-25(21-22-11-5-3-6-12-22)28(35)33-19-15-23(16-20-33)27(34)32-17-9-4-10-18-32/h3,5-8,11-14,23,25H,2,4,9-10,15-21H2,1H3,(H2,30,31,36)/t25-/m0/s1. The molecule has 2 N–H and O–H groups in total. The maximum atomic E-state index is 13.6. The molecule has 2 aliphatic rings.